The van der Waals surface area contributed by atoms with Gasteiger partial charge in [-0.2, -0.15) is 5.10 Å². The zero-order valence-electron chi connectivity index (χ0n) is 14.6. The largest absolute Gasteiger partial charge is 0.396 e. The molecule has 3 N–H and O–H groups in total. The van der Waals surface area contributed by atoms with Crippen LogP contribution in [0, 0.1) is 6.92 Å². The van der Waals surface area contributed by atoms with Gasteiger partial charge in [-0.15, -0.1) is 0 Å². The number of H-pyrrole nitrogens is 1. The van der Waals surface area contributed by atoms with Crippen molar-refractivity contribution in [3.05, 3.63) is 57.0 Å². The zero-order valence-corrected chi connectivity index (χ0v) is 14.6. The second-order valence-corrected chi connectivity index (χ2v) is 6.69. The highest BCUT2D eigenvalue weighted by molar-refractivity contribution is 5.80. The lowest BCUT2D eigenvalue weighted by Crippen LogP contribution is -2.19. The summed E-state index contributed by atoms with van der Waals surface area (Å²) in [6, 6.07) is 8.15. The summed E-state index contributed by atoms with van der Waals surface area (Å²) < 4.78 is 0. The van der Waals surface area contributed by atoms with E-state index < -0.39 is 0 Å². The topological polar surface area (TPSA) is 90.4 Å². The summed E-state index contributed by atoms with van der Waals surface area (Å²) in [4.78, 5) is 18.8. The first-order valence-electron chi connectivity index (χ1n) is 7.91. The Morgan fingerprint density at radius 3 is 2.50 bits per heavy atom. The maximum Gasteiger partial charge on any atom is 0.255 e. The fourth-order valence-corrected chi connectivity index (χ4v) is 2.31. The lowest BCUT2D eigenvalue weighted by Gasteiger charge is -2.18. The van der Waals surface area contributed by atoms with E-state index >= 15 is 0 Å². The van der Waals surface area contributed by atoms with Crippen molar-refractivity contribution in [2.24, 2.45) is 5.10 Å². The summed E-state index contributed by atoms with van der Waals surface area (Å²) in [5, 5.41) is 13.1. The van der Waals surface area contributed by atoms with Crippen LogP contribution in [0.15, 0.2) is 34.2 Å². The molecule has 24 heavy (non-hydrogen) atoms. The van der Waals surface area contributed by atoms with Crippen LogP contribution in [-0.2, 0) is 11.8 Å². The van der Waals surface area contributed by atoms with E-state index in [9.17, 15) is 4.79 Å². The molecule has 0 spiro atoms. The number of rotatable bonds is 5. The Morgan fingerprint density at radius 1 is 1.29 bits per heavy atom. The van der Waals surface area contributed by atoms with Crippen LogP contribution in [0.4, 0.5) is 5.95 Å². The number of benzene rings is 1. The quantitative estimate of drug-likeness (QED) is 0.580. The van der Waals surface area contributed by atoms with E-state index in [1.165, 1.54) is 5.56 Å². The van der Waals surface area contributed by atoms with E-state index in [0.29, 0.717) is 11.3 Å². The van der Waals surface area contributed by atoms with Gasteiger partial charge in [0.2, 0.25) is 5.95 Å². The predicted molar refractivity (Wildman–Crippen MR) is 96.7 cm³/mol. The Labute approximate surface area is 141 Å². The van der Waals surface area contributed by atoms with Crippen LogP contribution in [0.3, 0.4) is 0 Å². The Balaban J connectivity index is 2.08. The molecule has 2 aromatic rings. The molecule has 0 saturated heterocycles. The summed E-state index contributed by atoms with van der Waals surface area (Å²) in [7, 11) is 0. The van der Waals surface area contributed by atoms with Crippen LogP contribution in [0.1, 0.15) is 43.2 Å². The zero-order chi connectivity index (χ0) is 17.7. The van der Waals surface area contributed by atoms with Crippen molar-refractivity contribution in [3.63, 3.8) is 0 Å². The predicted octanol–water partition coefficient (Wildman–Crippen LogP) is 2.36. The standard InChI is InChI=1S/C18H24N4O2/c1-12-15(9-10-23)16(24)21-17(20-12)22-19-11-13-5-7-14(8-6-13)18(2,3)4/h5-8,11,23H,9-10H2,1-4H3,(H2,20,21,22,24)/b19-11-. The monoisotopic (exact) mass is 328 g/mol. The third-order valence-electron chi connectivity index (χ3n) is 3.74. The van der Waals surface area contributed by atoms with Crippen molar-refractivity contribution in [2.45, 2.75) is 39.5 Å². The average Bonchev–Trinajstić information content (AvgIpc) is 2.50. The SMILES string of the molecule is Cc1nc(N/N=C\c2ccc(C(C)(C)C)cc2)[nH]c(=O)c1CCO. The third-order valence-corrected chi connectivity index (χ3v) is 3.74. The fraction of sp³-hybridized carbons (Fsp3) is 0.389. The Morgan fingerprint density at radius 2 is 1.96 bits per heavy atom. The van der Waals surface area contributed by atoms with Gasteiger partial charge in [0.1, 0.15) is 0 Å². The molecule has 0 aliphatic carbocycles. The van der Waals surface area contributed by atoms with Gasteiger partial charge in [-0.25, -0.2) is 10.4 Å². The molecule has 0 radical (unpaired) electrons. The highest BCUT2D eigenvalue weighted by Gasteiger charge is 2.12. The van der Waals surface area contributed by atoms with E-state index in [1.54, 1.807) is 13.1 Å². The highest BCUT2D eigenvalue weighted by Crippen LogP contribution is 2.21. The van der Waals surface area contributed by atoms with Gasteiger partial charge in [-0.3, -0.25) is 9.78 Å². The minimum absolute atomic E-state index is 0.0823. The summed E-state index contributed by atoms with van der Waals surface area (Å²) in [6.07, 6.45) is 1.96. The maximum atomic E-state index is 11.9. The number of aromatic nitrogens is 2. The first-order chi connectivity index (χ1) is 11.3. The summed E-state index contributed by atoms with van der Waals surface area (Å²) in [6.45, 7) is 8.16. The van der Waals surface area contributed by atoms with Crippen LogP contribution >= 0.6 is 0 Å². The van der Waals surface area contributed by atoms with Gasteiger partial charge in [-0.1, -0.05) is 45.0 Å². The van der Waals surface area contributed by atoms with Crippen molar-refractivity contribution in [2.75, 3.05) is 12.0 Å². The minimum Gasteiger partial charge on any atom is -0.396 e. The van der Waals surface area contributed by atoms with Gasteiger partial charge in [0.15, 0.2) is 0 Å². The average molecular weight is 328 g/mol. The molecule has 6 nitrogen and oxygen atoms in total. The van der Waals surface area contributed by atoms with E-state index in [-0.39, 0.29) is 30.0 Å². The van der Waals surface area contributed by atoms with Crippen LogP contribution in [0.25, 0.3) is 0 Å². The van der Waals surface area contributed by atoms with Crippen molar-refractivity contribution < 1.29 is 5.11 Å². The number of hydrogen-bond acceptors (Lipinski definition) is 5. The molecule has 0 aliphatic heterocycles. The normalized spacial score (nSPS) is 11.9. The number of hydrazone groups is 1. The van der Waals surface area contributed by atoms with Crippen molar-refractivity contribution in [1.82, 2.24) is 9.97 Å². The lowest BCUT2D eigenvalue weighted by molar-refractivity contribution is 0.298. The Bertz CT molecular complexity index is 771. The maximum absolute atomic E-state index is 11.9. The smallest absolute Gasteiger partial charge is 0.255 e. The molecule has 0 amide bonds. The number of aliphatic hydroxyl groups excluding tert-OH is 1. The van der Waals surface area contributed by atoms with Crippen LogP contribution in [-0.4, -0.2) is 27.9 Å². The number of hydrogen-bond donors (Lipinski definition) is 3. The summed E-state index contributed by atoms with van der Waals surface area (Å²) in [5.74, 6) is 0.279. The highest BCUT2D eigenvalue weighted by atomic mass is 16.3. The van der Waals surface area contributed by atoms with Gasteiger partial charge < -0.3 is 5.11 Å². The molecule has 0 unspecified atom stereocenters. The molecule has 1 aromatic carbocycles. The molecule has 0 atom stereocenters. The van der Waals surface area contributed by atoms with E-state index in [2.05, 4.69) is 53.4 Å². The number of anilines is 1. The first-order valence-corrected chi connectivity index (χ1v) is 7.91. The molecule has 0 bridgehead atoms. The van der Waals surface area contributed by atoms with Crippen LogP contribution in [0.5, 0.6) is 0 Å². The van der Waals surface area contributed by atoms with Crippen LogP contribution < -0.4 is 11.0 Å². The molecular weight excluding hydrogens is 304 g/mol. The lowest BCUT2D eigenvalue weighted by atomic mass is 9.87. The second kappa shape index (κ2) is 7.40. The molecular formula is C18H24N4O2. The number of nitrogens with one attached hydrogen (secondary N) is 2. The molecule has 1 heterocycles. The summed E-state index contributed by atoms with van der Waals surface area (Å²) in [5.41, 5.74) is 5.87. The summed E-state index contributed by atoms with van der Waals surface area (Å²) >= 11 is 0. The van der Waals surface area contributed by atoms with Gasteiger partial charge in [0.25, 0.3) is 5.56 Å². The Hall–Kier alpha value is -2.47. The third kappa shape index (κ3) is 4.52. The van der Waals surface area contributed by atoms with Crippen molar-refractivity contribution >= 4 is 12.2 Å². The fourth-order valence-electron chi connectivity index (χ4n) is 2.31. The van der Waals surface area contributed by atoms with Gasteiger partial charge in [0, 0.05) is 18.6 Å². The van der Waals surface area contributed by atoms with E-state index in [1.807, 2.05) is 12.1 Å². The van der Waals surface area contributed by atoms with Gasteiger partial charge >= 0.3 is 0 Å². The Kier molecular flexibility index (Phi) is 5.51. The number of aliphatic hydroxyl groups is 1. The van der Waals surface area contributed by atoms with Crippen molar-refractivity contribution in [3.8, 4) is 0 Å². The first kappa shape index (κ1) is 17.9. The molecule has 0 aliphatic rings. The number of aromatic amines is 1. The van der Waals surface area contributed by atoms with Crippen molar-refractivity contribution in [1.29, 1.82) is 0 Å². The van der Waals surface area contributed by atoms with E-state index in [4.69, 9.17) is 5.11 Å². The molecule has 0 saturated carbocycles. The molecule has 2 rings (SSSR count). The van der Waals surface area contributed by atoms with Gasteiger partial charge in [0.05, 0.1) is 11.9 Å². The molecule has 6 heteroatoms. The number of nitrogens with zero attached hydrogens (tertiary/aromatic N) is 2. The molecule has 1 aromatic heterocycles. The number of aryl methyl sites for hydroxylation is 1. The van der Waals surface area contributed by atoms with Crippen LogP contribution in [0.2, 0.25) is 0 Å². The minimum atomic E-state index is -0.260. The molecule has 128 valence electrons. The van der Waals surface area contributed by atoms with Gasteiger partial charge in [-0.05, 0) is 23.5 Å². The van der Waals surface area contributed by atoms with E-state index in [0.717, 1.165) is 5.56 Å². The molecule has 0 fully saturated rings. The second-order valence-electron chi connectivity index (χ2n) is 6.69.